The van der Waals surface area contributed by atoms with E-state index in [2.05, 4.69) is 56.2 Å². The van der Waals surface area contributed by atoms with E-state index in [0.717, 1.165) is 0 Å². The topological polar surface area (TPSA) is 49.4 Å². The van der Waals surface area contributed by atoms with Gasteiger partial charge in [-0.2, -0.15) is 0 Å². The normalized spacial score (nSPS) is 16.3. The molecule has 0 aliphatic carbocycles. The lowest BCUT2D eigenvalue weighted by atomic mass is 10.1. The Hall–Kier alpha value is -0.150. The molecule has 1 fully saturated rings. The Balaban J connectivity index is 0.000000321. The fraction of sp³-hybridized carbons (Fsp3) is 0.273. The monoisotopic (exact) mass is 490 g/mol. The SMILES string of the molecule is Br.CC1(C)C(=O)NC(=O)N1Br.Ic1ccccc1. The van der Waals surface area contributed by atoms with Gasteiger partial charge >= 0.3 is 6.03 Å². The zero-order valence-corrected chi connectivity index (χ0v) is 15.3. The predicted octanol–water partition coefficient (Wildman–Crippen LogP) is 3.50. The lowest BCUT2D eigenvalue weighted by Crippen LogP contribution is -2.38. The first-order valence-corrected chi connectivity index (χ1v) is 6.66. The van der Waals surface area contributed by atoms with Gasteiger partial charge in [-0.15, -0.1) is 17.0 Å². The maximum absolute atomic E-state index is 10.9. The van der Waals surface area contributed by atoms with Crippen LogP contribution in [-0.2, 0) is 4.79 Å². The number of rotatable bonds is 0. The van der Waals surface area contributed by atoms with Crippen molar-refractivity contribution in [1.82, 2.24) is 9.24 Å². The average molecular weight is 492 g/mol. The molecule has 0 radical (unpaired) electrons. The van der Waals surface area contributed by atoms with Gasteiger partial charge in [0.2, 0.25) is 0 Å². The van der Waals surface area contributed by atoms with Crippen molar-refractivity contribution in [3.63, 3.8) is 0 Å². The highest BCUT2D eigenvalue weighted by Crippen LogP contribution is 2.23. The Kier molecular flexibility index (Phi) is 7.38. The van der Waals surface area contributed by atoms with E-state index in [-0.39, 0.29) is 22.9 Å². The number of hydrogen-bond donors (Lipinski definition) is 1. The van der Waals surface area contributed by atoms with E-state index in [1.165, 1.54) is 7.50 Å². The number of carbonyl (C=O) groups is 2. The van der Waals surface area contributed by atoms with Crippen LogP contribution in [0.5, 0.6) is 0 Å². The van der Waals surface area contributed by atoms with E-state index in [1.54, 1.807) is 13.8 Å². The molecule has 1 aliphatic heterocycles. The van der Waals surface area contributed by atoms with Crippen LogP contribution < -0.4 is 5.32 Å². The second-order valence-corrected chi connectivity index (χ2v) is 5.85. The van der Waals surface area contributed by atoms with E-state index >= 15 is 0 Å². The number of hydrogen-bond acceptors (Lipinski definition) is 2. The lowest BCUT2D eigenvalue weighted by Gasteiger charge is -2.19. The number of nitrogens with zero attached hydrogens (tertiary/aromatic N) is 1. The number of halogens is 3. The van der Waals surface area contributed by atoms with Gasteiger partial charge in [-0.3, -0.25) is 10.1 Å². The average Bonchev–Trinajstić information content (AvgIpc) is 2.45. The zero-order chi connectivity index (χ0) is 13.1. The molecule has 1 saturated heterocycles. The number of benzene rings is 1. The van der Waals surface area contributed by atoms with Gasteiger partial charge < -0.3 is 0 Å². The molecule has 0 spiro atoms. The molecule has 1 aromatic rings. The molecular weight excluding hydrogens is 479 g/mol. The number of amides is 3. The van der Waals surface area contributed by atoms with Gasteiger partial charge in [0.15, 0.2) is 0 Å². The Labute approximate surface area is 139 Å². The van der Waals surface area contributed by atoms with E-state index < -0.39 is 11.6 Å². The molecule has 0 bridgehead atoms. The van der Waals surface area contributed by atoms with Gasteiger partial charge in [-0.25, -0.2) is 8.72 Å². The molecule has 4 nitrogen and oxygen atoms in total. The van der Waals surface area contributed by atoms with Crippen molar-refractivity contribution < 1.29 is 9.59 Å². The summed E-state index contributed by atoms with van der Waals surface area (Å²) in [6.45, 7) is 3.31. The standard InChI is InChI=1S/C6H5I.C5H7BrN2O2.BrH/c7-6-4-2-1-3-5-6;1-5(2)3(9)7-4(10)8(5)6;/h1-5H;1-2H3,(H,7,9,10);1H. The van der Waals surface area contributed by atoms with Crippen LogP contribution in [0.2, 0.25) is 0 Å². The zero-order valence-electron chi connectivity index (χ0n) is 9.81. The third-order valence-electron chi connectivity index (χ3n) is 2.18. The summed E-state index contributed by atoms with van der Waals surface area (Å²) in [5.74, 6) is -0.283. The second kappa shape index (κ2) is 7.44. The molecule has 1 heterocycles. The summed E-state index contributed by atoms with van der Waals surface area (Å²) in [5.41, 5.74) is -0.767. The van der Waals surface area contributed by atoms with Crippen LogP contribution in [0.25, 0.3) is 0 Å². The minimum Gasteiger partial charge on any atom is -0.275 e. The van der Waals surface area contributed by atoms with Crippen molar-refractivity contribution in [2.45, 2.75) is 19.4 Å². The van der Waals surface area contributed by atoms with E-state index in [4.69, 9.17) is 0 Å². The second-order valence-electron chi connectivity index (χ2n) is 3.89. The van der Waals surface area contributed by atoms with Crippen molar-refractivity contribution in [3.05, 3.63) is 33.9 Å². The van der Waals surface area contributed by atoms with E-state index in [1.807, 2.05) is 18.2 Å². The fourth-order valence-electron chi connectivity index (χ4n) is 1.06. The summed E-state index contributed by atoms with van der Waals surface area (Å²) >= 11 is 5.25. The molecule has 3 amide bonds. The summed E-state index contributed by atoms with van der Waals surface area (Å²) in [4.78, 5) is 21.7. The Morgan fingerprint density at radius 3 is 1.89 bits per heavy atom. The van der Waals surface area contributed by atoms with Gasteiger partial charge in [0.25, 0.3) is 5.91 Å². The Morgan fingerprint density at radius 1 is 1.22 bits per heavy atom. The molecule has 0 saturated carbocycles. The largest absolute Gasteiger partial charge is 0.335 e. The summed E-state index contributed by atoms with van der Waals surface area (Å²) in [5, 5.41) is 2.16. The Morgan fingerprint density at radius 2 is 1.72 bits per heavy atom. The van der Waals surface area contributed by atoms with Gasteiger partial charge in [-0.05, 0) is 48.6 Å². The molecule has 2 rings (SSSR count). The maximum atomic E-state index is 10.9. The quantitative estimate of drug-likeness (QED) is 0.343. The van der Waals surface area contributed by atoms with Crippen LogP contribution in [0, 0.1) is 3.57 Å². The van der Waals surface area contributed by atoms with Crippen molar-refractivity contribution in [3.8, 4) is 0 Å². The van der Waals surface area contributed by atoms with Gasteiger partial charge in [0.1, 0.15) is 5.54 Å². The van der Waals surface area contributed by atoms with Gasteiger partial charge in [0.05, 0.1) is 16.1 Å². The van der Waals surface area contributed by atoms with E-state index in [0.29, 0.717) is 0 Å². The van der Waals surface area contributed by atoms with Crippen LogP contribution in [0.4, 0.5) is 4.79 Å². The third-order valence-corrected chi connectivity index (χ3v) is 4.11. The summed E-state index contributed by atoms with van der Waals surface area (Å²) in [6.07, 6.45) is 0. The highest BCUT2D eigenvalue weighted by Gasteiger charge is 2.44. The van der Waals surface area contributed by atoms with E-state index in [9.17, 15) is 9.59 Å². The summed E-state index contributed by atoms with van der Waals surface area (Å²) in [7, 11) is 0. The molecular formula is C11H13Br2IN2O2. The fourth-order valence-corrected chi connectivity index (χ4v) is 1.72. The molecule has 18 heavy (non-hydrogen) atoms. The van der Waals surface area contributed by atoms with Gasteiger partial charge in [0, 0.05) is 3.57 Å². The summed E-state index contributed by atoms with van der Waals surface area (Å²) < 4.78 is 2.49. The molecule has 7 heteroatoms. The summed E-state index contributed by atoms with van der Waals surface area (Å²) in [6, 6.07) is 9.81. The first kappa shape index (κ1) is 17.8. The number of urea groups is 1. The number of imide groups is 1. The number of carbonyl (C=O) groups excluding carboxylic acids is 2. The molecule has 0 aromatic heterocycles. The Bertz CT molecular complexity index is 426. The molecule has 1 aromatic carbocycles. The molecule has 100 valence electrons. The molecule has 1 aliphatic rings. The molecule has 1 N–H and O–H groups in total. The minimum atomic E-state index is -0.767. The minimum absolute atomic E-state index is 0. The van der Waals surface area contributed by atoms with Crippen LogP contribution in [0.1, 0.15) is 13.8 Å². The van der Waals surface area contributed by atoms with Crippen LogP contribution in [-0.4, -0.2) is 21.4 Å². The highest BCUT2D eigenvalue weighted by atomic mass is 127. The maximum Gasteiger partial charge on any atom is 0.335 e. The van der Waals surface area contributed by atoms with Gasteiger partial charge in [-0.1, -0.05) is 18.2 Å². The van der Waals surface area contributed by atoms with Crippen molar-refractivity contribution in [2.24, 2.45) is 0 Å². The predicted molar refractivity (Wildman–Crippen MR) is 87.9 cm³/mol. The van der Waals surface area contributed by atoms with Crippen LogP contribution in [0.15, 0.2) is 30.3 Å². The first-order chi connectivity index (χ1) is 7.85. The molecule has 0 atom stereocenters. The number of nitrogens with one attached hydrogen (secondary N) is 1. The van der Waals surface area contributed by atoms with Crippen LogP contribution in [0.3, 0.4) is 0 Å². The van der Waals surface area contributed by atoms with Crippen molar-refractivity contribution >= 4 is 67.7 Å². The van der Waals surface area contributed by atoms with Crippen molar-refractivity contribution in [1.29, 1.82) is 0 Å². The third kappa shape index (κ3) is 4.51. The smallest absolute Gasteiger partial charge is 0.275 e. The lowest BCUT2D eigenvalue weighted by molar-refractivity contribution is -0.123. The van der Waals surface area contributed by atoms with Crippen LogP contribution >= 0.6 is 55.7 Å². The first-order valence-electron chi connectivity index (χ1n) is 4.87. The van der Waals surface area contributed by atoms with Crippen molar-refractivity contribution in [2.75, 3.05) is 0 Å². The highest BCUT2D eigenvalue weighted by molar-refractivity contribution is 14.1. The molecule has 0 unspecified atom stereocenters.